The maximum atomic E-state index is 11.4. The third-order valence-electron chi connectivity index (χ3n) is 1.85. The lowest BCUT2D eigenvalue weighted by molar-refractivity contribution is -0.122. The van der Waals surface area contributed by atoms with Crippen LogP contribution in [0.4, 0.5) is 0 Å². The SMILES string of the molecule is NC(C(=O)NCCO)c1ccccc1. The molecule has 0 bridgehead atoms. The second-order valence-corrected chi connectivity index (χ2v) is 2.90. The van der Waals surface area contributed by atoms with Crippen molar-refractivity contribution in [2.24, 2.45) is 5.73 Å². The van der Waals surface area contributed by atoms with E-state index in [9.17, 15) is 4.79 Å². The molecule has 0 saturated carbocycles. The predicted molar refractivity (Wildman–Crippen MR) is 53.5 cm³/mol. The van der Waals surface area contributed by atoms with Gasteiger partial charge in [-0.05, 0) is 5.56 Å². The van der Waals surface area contributed by atoms with E-state index in [0.29, 0.717) is 0 Å². The first-order valence-electron chi connectivity index (χ1n) is 4.45. The number of hydrogen-bond acceptors (Lipinski definition) is 3. The number of nitrogens with two attached hydrogens (primary N) is 1. The van der Waals surface area contributed by atoms with Crippen molar-refractivity contribution >= 4 is 5.91 Å². The number of aliphatic hydroxyl groups is 1. The molecule has 4 N–H and O–H groups in total. The lowest BCUT2D eigenvalue weighted by Crippen LogP contribution is -2.35. The zero-order chi connectivity index (χ0) is 10.4. The van der Waals surface area contributed by atoms with Crippen molar-refractivity contribution in [3.05, 3.63) is 35.9 Å². The van der Waals surface area contributed by atoms with Crippen LogP contribution in [0.25, 0.3) is 0 Å². The monoisotopic (exact) mass is 194 g/mol. The molecule has 4 nitrogen and oxygen atoms in total. The highest BCUT2D eigenvalue weighted by Crippen LogP contribution is 2.08. The average molecular weight is 194 g/mol. The molecule has 1 aromatic carbocycles. The minimum absolute atomic E-state index is 0.0761. The summed E-state index contributed by atoms with van der Waals surface area (Å²) in [6, 6.07) is 8.44. The third-order valence-corrected chi connectivity index (χ3v) is 1.85. The van der Waals surface area contributed by atoms with Gasteiger partial charge in [-0.3, -0.25) is 4.79 Å². The molecule has 1 amide bonds. The fourth-order valence-corrected chi connectivity index (χ4v) is 1.10. The molecule has 0 heterocycles. The average Bonchev–Trinajstić information content (AvgIpc) is 2.26. The van der Waals surface area contributed by atoms with E-state index in [1.165, 1.54) is 0 Å². The maximum Gasteiger partial charge on any atom is 0.241 e. The standard InChI is InChI=1S/C10H14N2O2/c11-9(10(14)12-6-7-13)8-4-2-1-3-5-8/h1-5,9,13H,6-7,11H2,(H,12,14). The normalized spacial score (nSPS) is 12.1. The van der Waals surface area contributed by atoms with E-state index in [1.54, 1.807) is 12.1 Å². The number of carbonyl (C=O) groups excluding carboxylic acids is 1. The van der Waals surface area contributed by atoms with Crippen LogP contribution >= 0.6 is 0 Å². The topological polar surface area (TPSA) is 75.4 Å². The fraction of sp³-hybridized carbons (Fsp3) is 0.300. The van der Waals surface area contributed by atoms with E-state index in [-0.39, 0.29) is 19.1 Å². The van der Waals surface area contributed by atoms with E-state index in [1.807, 2.05) is 18.2 Å². The number of benzene rings is 1. The summed E-state index contributed by atoms with van der Waals surface area (Å²) < 4.78 is 0. The molecule has 0 aliphatic carbocycles. The van der Waals surface area contributed by atoms with Crippen molar-refractivity contribution in [2.45, 2.75) is 6.04 Å². The Morgan fingerprint density at radius 2 is 2.07 bits per heavy atom. The van der Waals surface area contributed by atoms with Crippen LogP contribution in [0.5, 0.6) is 0 Å². The van der Waals surface area contributed by atoms with E-state index < -0.39 is 6.04 Å². The van der Waals surface area contributed by atoms with Crippen LogP contribution in [0.2, 0.25) is 0 Å². The quantitative estimate of drug-likeness (QED) is 0.621. The first kappa shape index (κ1) is 10.7. The molecule has 0 aliphatic heterocycles. The summed E-state index contributed by atoms with van der Waals surface area (Å²) in [5.41, 5.74) is 6.45. The molecule has 14 heavy (non-hydrogen) atoms. The van der Waals surface area contributed by atoms with Gasteiger partial charge in [0.1, 0.15) is 6.04 Å². The summed E-state index contributed by atoms with van der Waals surface area (Å²) in [5.74, 6) is -0.273. The van der Waals surface area contributed by atoms with Crippen molar-refractivity contribution in [1.82, 2.24) is 5.32 Å². The van der Waals surface area contributed by atoms with Crippen LogP contribution in [0.1, 0.15) is 11.6 Å². The van der Waals surface area contributed by atoms with Crippen LogP contribution in [0.3, 0.4) is 0 Å². The molecule has 0 spiro atoms. The molecule has 0 aromatic heterocycles. The molecular formula is C10H14N2O2. The number of rotatable bonds is 4. The van der Waals surface area contributed by atoms with Gasteiger partial charge in [-0.2, -0.15) is 0 Å². The summed E-state index contributed by atoms with van der Waals surface area (Å²) in [5, 5.41) is 11.0. The lowest BCUT2D eigenvalue weighted by atomic mass is 10.1. The summed E-state index contributed by atoms with van der Waals surface area (Å²) >= 11 is 0. The Labute approximate surface area is 82.7 Å². The number of nitrogens with one attached hydrogen (secondary N) is 1. The van der Waals surface area contributed by atoms with Gasteiger partial charge in [0.05, 0.1) is 6.61 Å². The number of amides is 1. The molecule has 1 unspecified atom stereocenters. The lowest BCUT2D eigenvalue weighted by Gasteiger charge is -2.11. The highest BCUT2D eigenvalue weighted by atomic mass is 16.3. The molecule has 0 aliphatic rings. The minimum atomic E-state index is -0.664. The van der Waals surface area contributed by atoms with Gasteiger partial charge in [-0.25, -0.2) is 0 Å². The Morgan fingerprint density at radius 3 is 2.64 bits per heavy atom. The second kappa shape index (κ2) is 5.36. The first-order chi connectivity index (χ1) is 6.75. The first-order valence-corrected chi connectivity index (χ1v) is 4.45. The molecule has 0 saturated heterocycles. The summed E-state index contributed by atoms with van der Waals surface area (Å²) in [6.07, 6.45) is 0. The van der Waals surface area contributed by atoms with Crippen molar-refractivity contribution in [2.75, 3.05) is 13.2 Å². The molecule has 0 radical (unpaired) electrons. The Balaban J connectivity index is 2.57. The highest BCUT2D eigenvalue weighted by molar-refractivity contribution is 5.82. The molecule has 1 rings (SSSR count). The predicted octanol–water partition coefficient (Wildman–Crippen LogP) is -0.205. The van der Waals surface area contributed by atoms with Crippen molar-refractivity contribution in [3.8, 4) is 0 Å². The summed E-state index contributed by atoms with van der Waals surface area (Å²) in [4.78, 5) is 11.4. The van der Waals surface area contributed by atoms with E-state index in [4.69, 9.17) is 10.8 Å². The van der Waals surface area contributed by atoms with Crippen LogP contribution in [-0.2, 0) is 4.79 Å². The smallest absolute Gasteiger partial charge is 0.241 e. The van der Waals surface area contributed by atoms with Crippen LogP contribution in [0, 0.1) is 0 Å². The van der Waals surface area contributed by atoms with Gasteiger partial charge >= 0.3 is 0 Å². The van der Waals surface area contributed by atoms with Gasteiger partial charge in [0.2, 0.25) is 5.91 Å². The van der Waals surface area contributed by atoms with Crippen molar-refractivity contribution in [3.63, 3.8) is 0 Å². The van der Waals surface area contributed by atoms with Crippen LogP contribution in [-0.4, -0.2) is 24.2 Å². The molecule has 1 aromatic rings. The van der Waals surface area contributed by atoms with Gasteiger partial charge in [0.25, 0.3) is 0 Å². The van der Waals surface area contributed by atoms with E-state index >= 15 is 0 Å². The zero-order valence-electron chi connectivity index (χ0n) is 7.81. The summed E-state index contributed by atoms with van der Waals surface area (Å²) in [6.45, 7) is 0.159. The highest BCUT2D eigenvalue weighted by Gasteiger charge is 2.13. The van der Waals surface area contributed by atoms with E-state index in [0.717, 1.165) is 5.56 Å². The Hall–Kier alpha value is -1.39. The zero-order valence-corrected chi connectivity index (χ0v) is 7.81. The molecule has 0 fully saturated rings. The Kier molecular flexibility index (Phi) is 4.10. The number of aliphatic hydroxyl groups excluding tert-OH is 1. The van der Waals surface area contributed by atoms with Crippen molar-refractivity contribution < 1.29 is 9.90 Å². The number of carbonyl (C=O) groups is 1. The molecule has 76 valence electrons. The Bertz CT molecular complexity index is 287. The molecular weight excluding hydrogens is 180 g/mol. The second-order valence-electron chi connectivity index (χ2n) is 2.90. The molecule has 4 heteroatoms. The largest absolute Gasteiger partial charge is 0.395 e. The van der Waals surface area contributed by atoms with Crippen molar-refractivity contribution in [1.29, 1.82) is 0 Å². The van der Waals surface area contributed by atoms with Gasteiger partial charge in [-0.1, -0.05) is 30.3 Å². The van der Waals surface area contributed by atoms with Gasteiger partial charge in [0.15, 0.2) is 0 Å². The maximum absolute atomic E-state index is 11.4. The van der Waals surface area contributed by atoms with Gasteiger partial charge in [0, 0.05) is 6.54 Å². The number of hydrogen-bond donors (Lipinski definition) is 3. The van der Waals surface area contributed by atoms with Crippen LogP contribution < -0.4 is 11.1 Å². The van der Waals surface area contributed by atoms with Gasteiger partial charge < -0.3 is 16.2 Å². The summed E-state index contributed by atoms with van der Waals surface area (Å²) in [7, 11) is 0. The van der Waals surface area contributed by atoms with Crippen LogP contribution in [0.15, 0.2) is 30.3 Å². The third kappa shape index (κ3) is 2.83. The fourth-order valence-electron chi connectivity index (χ4n) is 1.10. The Morgan fingerprint density at radius 1 is 1.43 bits per heavy atom. The molecule has 1 atom stereocenters. The minimum Gasteiger partial charge on any atom is -0.395 e. The van der Waals surface area contributed by atoms with E-state index in [2.05, 4.69) is 5.32 Å². The van der Waals surface area contributed by atoms with Gasteiger partial charge in [-0.15, -0.1) is 0 Å².